The summed E-state index contributed by atoms with van der Waals surface area (Å²) < 4.78 is 0. The number of carboxylic acid groups (broad SMARTS) is 2. The summed E-state index contributed by atoms with van der Waals surface area (Å²) in [5, 5.41) is 16.5. The van der Waals surface area contributed by atoms with Crippen LogP contribution in [0.4, 0.5) is 0 Å². The maximum atomic E-state index is 10.0. The van der Waals surface area contributed by atoms with Crippen molar-refractivity contribution in [3.05, 3.63) is 0 Å². The molecule has 2 unspecified atom stereocenters. The average Bonchev–Trinajstić information content (AvgIpc) is 2.28. The number of halogens is 2. The average molecular weight is 500 g/mol. The molecule has 0 aromatic rings. The Kier molecular flexibility index (Phi) is 18.5. The third-order valence-electron chi connectivity index (χ3n) is 2.01. The predicted molar refractivity (Wildman–Crippen MR) is 72.6 cm³/mol. The van der Waals surface area contributed by atoms with Crippen LogP contribution in [0.25, 0.3) is 0 Å². The maximum absolute atomic E-state index is 10.0. The van der Waals surface area contributed by atoms with E-state index in [0.29, 0.717) is 0 Å². The molecule has 120 valence electrons. The molecule has 0 aliphatic carbocycles. The number of carboxylic acids is 2. The molecule has 0 aliphatic rings. The van der Waals surface area contributed by atoms with Crippen molar-refractivity contribution in [2.45, 2.75) is 39.8 Å². The Morgan fingerprint density at radius 2 is 1.05 bits per heavy atom. The van der Waals surface area contributed by atoms with Gasteiger partial charge in [-0.05, 0) is 11.8 Å². The molecule has 0 rings (SSSR count). The minimum atomic E-state index is -0.931. The van der Waals surface area contributed by atoms with Crippen molar-refractivity contribution in [2.75, 3.05) is 0 Å². The summed E-state index contributed by atoms with van der Waals surface area (Å²) in [5.41, 5.74) is 10.3. The van der Waals surface area contributed by atoms with Crippen LogP contribution < -0.4 is 11.5 Å². The summed E-state index contributed by atoms with van der Waals surface area (Å²) in [6.07, 6.45) is 0. The fourth-order valence-corrected chi connectivity index (χ4v) is 0.570. The first-order chi connectivity index (χ1) is 8.52. The molecule has 0 saturated carbocycles. The Morgan fingerprint density at radius 1 is 0.895 bits per heavy atom. The SMILES string of the molecule is CC(C)C(N)C(=O)O.CC(C)C(N)C(=O)O.[Cl][Pt][Cl]. The van der Waals surface area contributed by atoms with Crippen LogP contribution in [0.1, 0.15) is 27.7 Å². The van der Waals surface area contributed by atoms with Gasteiger partial charge in [-0.3, -0.25) is 9.59 Å². The van der Waals surface area contributed by atoms with E-state index in [2.05, 4.69) is 0 Å². The van der Waals surface area contributed by atoms with Crippen LogP contribution >= 0.6 is 18.8 Å². The number of hydrogen-bond acceptors (Lipinski definition) is 4. The second kappa shape index (κ2) is 14.5. The van der Waals surface area contributed by atoms with Gasteiger partial charge in [-0.2, -0.15) is 0 Å². The summed E-state index contributed by atoms with van der Waals surface area (Å²) in [4.78, 5) is 20.0. The van der Waals surface area contributed by atoms with Crippen molar-refractivity contribution < 1.29 is 36.3 Å². The second-order valence-electron chi connectivity index (χ2n) is 4.26. The monoisotopic (exact) mass is 499 g/mol. The summed E-state index contributed by atoms with van der Waals surface area (Å²) in [6, 6.07) is -1.43. The van der Waals surface area contributed by atoms with Crippen LogP contribution in [0, 0.1) is 11.8 Å². The van der Waals surface area contributed by atoms with Crippen molar-refractivity contribution in [1.82, 2.24) is 0 Å². The van der Waals surface area contributed by atoms with Gasteiger partial charge >= 0.3 is 47.3 Å². The molecule has 0 saturated heterocycles. The molecule has 0 heterocycles. The van der Waals surface area contributed by atoms with Crippen LogP contribution in [0.15, 0.2) is 0 Å². The van der Waals surface area contributed by atoms with E-state index in [9.17, 15) is 9.59 Å². The van der Waals surface area contributed by atoms with Crippen LogP contribution in [-0.4, -0.2) is 34.2 Å². The number of carbonyl (C=O) groups is 2. The molecular weight excluding hydrogens is 478 g/mol. The van der Waals surface area contributed by atoms with Gasteiger partial charge in [0.2, 0.25) is 0 Å². The van der Waals surface area contributed by atoms with Crippen molar-refractivity contribution in [1.29, 1.82) is 0 Å². The predicted octanol–water partition coefficient (Wildman–Crippen LogP) is 1.49. The molecule has 0 aliphatic heterocycles. The number of nitrogens with two attached hydrogens (primary N) is 2. The van der Waals surface area contributed by atoms with E-state index in [1.165, 1.54) is 0 Å². The Balaban J connectivity index is -0.000000224. The normalized spacial score (nSPS) is 12.9. The van der Waals surface area contributed by atoms with Gasteiger partial charge < -0.3 is 21.7 Å². The van der Waals surface area contributed by atoms with Crippen LogP contribution in [0.5, 0.6) is 0 Å². The number of aliphatic carboxylic acids is 2. The Labute approximate surface area is 130 Å². The zero-order chi connectivity index (χ0) is 16.2. The summed E-state index contributed by atoms with van der Waals surface area (Å²) in [5.74, 6) is -1.82. The molecule has 6 N–H and O–H groups in total. The standard InChI is InChI=1S/2C5H11NO2.2ClH.Pt/c2*1-3(2)4(6)5(7)8;;;/h2*3-4H,6H2,1-2H3,(H,7,8);2*1H;/q;;;;+2/p-2. The summed E-state index contributed by atoms with van der Waals surface area (Å²) in [6.45, 7) is 7.11. The first-order valence-electron chi connectivity index (χ1n) is 5.31. The quantitative estimate of drug-likeness (QED) is 0.464. The Hall–Kier alpha value is 0.128. The molecule has 0 fully saturated rings. The molecule has 0 amide bonds. The molecular formula is C10H22Cl2N2O4Pt. The Morgan fingerprint density at radius 3 is 1.05 bits per heavy atom. The minimum absolute atomic E-state index is 0.0208. The molecule has 6 nitrogen and oxygen atoms in total. The number of rotatable bonds is 4. The third-order valence-corrected chi connectivity index (χ3v) is 2.01. The van der Waals surface area contributed by atoms with E-state index in [1.807, 2.05) is 0 Å². The van der Waals surface area contributed by atoms with Crippen molar-refractivity contribution in [3.8, 4) is 0 Å². The topological polar surface area (TPSA) is 127 Å². The molecule has 9 heteroatoms. The Bertz CT molecular complexity index is 232. The van der Waals surface area contributed by atoms with Crippen molar-refractivity contribution >= 4 is 30.8 Å². The zero-order valence-corrected chi connectivity index (χ0v) is 15.0. The van der Waals surface area contributed by atoms with E-state index < -0.39 is 40.5 Å². The fraction of sp³-hybridized carbons (Fsp3) is 0.800. The van der Waals surface area contributed by atoms with E-state index in [0.717, 1.165) is 0 Å². The molecule has 0 radical (unpaired) electrons. The van der Waals surface area contributed by atoms with E-state index >= 15 is 0 Å². The van der Waals surface area contributed by atoms with E-state index in [1.54, 1.807) is 27.7 Å². The molecule has 0 spiro atoms. The van der Waals surface area contributed by atoms with Crippen LogP contribution in [-0.2, 0) is 26.1 Å². The fourth-order valence-electron chi connectivity index (χ4n) is 0.570. The molecule has 0 aromatic heterocycles. The zero-order valence-electron chi connectivity index (χ0n) is 11.2. The molecule has 2 atom stereocenters. The van der Waals surface area contributed by atoms with Gasteiger partial charge in [-0.15, -0.1) is 0 Å². The van der Waals surface area contributed by atoms with Gasteiger partial charge in [0.1, 0.15) is 12.1 Å². The third kappa shape index (κ3) is 18.1. The van der Waals surface area contributed by atoms with Crippen molar-refractivity contribution in [2.24, 2.45) is 23.3 Å². The molecule has 0 bridgehead atoms. The first kappa shape index (κ1) is 24.2. The molecule has 19 heavy (non-hydrogen) atoms. The van der Waals surface area contributed by atoms with Gasteiger partial charge in [0.05, 0.1) is 0 Å². The second-order valence-corrected chi connectivity index (χ2v) is 7.54. The van der Waals surface area contributed by atoms with Gasteiger partial charge in [0.25, 0.3) is 0 Å². The van der Waals surface area contributed by atoms with Crippen molar-refractivity contribution in [3.63, 3.8) is 0 Å². The van der Waals surface area contributed by atoms with Gasteiger partial charge in [0.15, 0.2) is 0 Å². The van der Waals surface area contributed by atoms with Crippen LogP contribution in [0.3, 0.4) is 0 Å². The number of hydrogen-bond donors (Lipinski definition) is 4. The van der Waals surface area contributed by atoms with E-state index in [4.69, 9.17) is 40.5 Å². The van der Waals surface area contributed by atoms with Crippen LogP contribution in [0.2, 0.25) is 0 Å². The van der Waals surface area contributed by atoms with Gasteiger partial charge in [-0.25, -0.2) is 0 Å². The van der Waals surface area contributed by atoms with E-state index in [-0.39, 0.29) is 11.8 Å². The molecule has 0 aromatic carbocycles. The van der Waals surface area contributed by atoms with Gasteiger partial charge in [0, 0.05) is 0 Å². The van der Waals surface area contributed by atoms with Gasteiger partial charge in [-0.1, -0.05) is 27.7 Å². The summed E-state index contributed by atoms with van der Waals surface area (Å²) in [7, 11) is 9.75. The summed E-state index contributed by atoms with van der Waals surface area (Å²) >= 11 is -0.472. The first-order valence-corrected chi connectivity index (χ1v) is 10.9.